The van der Waals surface area contributed by atoms with Crippen LogP contribution in [-0.2, 0) is 24.4 Å². The van der Waals surface area contributed by atoms with E-state index in [1.165, 1.54) is 0 Å². The summed E-state index contributed by atoms with van der Waals surface area (Å²) >= 11 is 0. The molecule has 0 fully saturated rings. The van der Waals surface area contributed by atoms with E-state index in [2.05, 4.69) is 10.3 Å². The van der Waals surface area contributed by atoms with Crippen molar-refractivity contribution >= 4 is 5.91 Å². The zero-order valence-corrected chi connectivity index (χ0v) is 13.7. The molecule has 0 bridgehead atoms. The van der Waals surface area contributed by atoms with Crippen molar-refractivity contribution in [2.75, 3.05) is 0 Å². The molecule has 0 aliphatic rings. The van der Waals surface area contributed by atoms with E-state index in [1.54, 1.807) is 10.9 Å². The number of carbonyl (C=O) groups is 1. The van der Waals surface area contributed by atoms with Gasteiger partial charge >= 0.3 is 0 Å². The van der Waals surface area contributed by atoms with Gasteiger partial charge in [0.15, 0.2) is 0 Å². The molecular weight excluding hydrogens is 300 g/mol. The molecular formula is C19H20N4O. The number of amides is 1. The van der Waals surface area contributed by atoms with Crippen LogP contribution in [-0.4, -0.2) is 25.8 Å². The van der Waals surface area contributed by atoms with E-state index in [0.717, 1.165) is 16.8 Å². The van der Waals surface area contributed by atoms with Gasteiger partial charge < -0.3 is 4.90 Å². The molecule has 0 aliphatic carbocycles. The second-order valence-corrected chi connectivity index (χ2v) is 5.75. The molecule has 0 saturated heterocycles. The van der Waals surface area contributed by atoms with Crippen LogP contribution in [0.25, 0.3) is 0 Å². The largest absolute Gasteiger partial charge is 0.332 e. The summed E-state index contributed by atoms with van der Waals surface area (Å²) < 4.78 is 1.63. The first-order chi connectivity index (χ1) is 11.7. The Morgan fingerprint density at radius 2 is 1.50 bits per heavy atom. The van der Waals surface area contributed by atoms with Gasteiger partial charge in [0, 0.05) is 13.1 Å². The van der Waals surface area contributed by atoms with Crippen molar-refractivity contribution in [2.24, 2.45) is 0 Å². The first-order valence-electron chi connectivity index (χ1n) is 7.93. The summed E-state index contributed by atoms with van der Waals surface area (Å²) in [5, 5.41) is 7.82. The monoisotopic (exact) mass is 320 g/mol. The summed E-state index contributed by atoms with van der Waals surface area (Å²) in [5.74, 6) is 0.0244. The third kappa shape index (κ3) is 4.07. The minimum absolute atomic E-state index is 0.0244. The highest BCUT2D eigenvalue weighted by molar-refractivity contribution is 5.76. The topological polar surface area (TPSA) is 51.0 Å². The fraction of sp³-hybridized carbons (Fsp3) is 0.211. The van der Waals surface area contributed by atoms with Gasteiger partial charge in [0.1, 0.15) is 6.54 Å². The molecule has 1 aromatic heterocycles. The van der Waals surface area contributed by atoms with Gasteiger partial charge in [-0.05, 0) is 18.1 Å². The second kappa shape index (κ2) is 7.55. The third-order valence-electron chi connectivity index (χ3n) is 3.88. The molecule has 0 radical (unpaired) electrons. The first-order valence-corrected chi connectivity index (χ1v) is 7.93. The Bertz CT molecular complexity index is 742. The van der Waals surface area contributed by atoms with Crippen LogP contribution in [0.3, 0.4) is 0 Å². The summed E-state index contributed by atoms with van der Waals surface area (Å²) in [5.41, 5.74) is 3.09. The van der Waals surface area contributed by atoms with E-state index in [1.807, 2.05) is 72.5 Å². The van der Waals surface area contributed by atoms with E-state index in [0.29, 0.717) is 13.1 Å². The Balaban J connectivity index is 1.78. The lowest BCUT2D eigenvalue weighted by Gasteiger charge is -2.23. The summed E-state index contributed by atoms with van der Waals surface area (Å²) in [6.45, 7) is 3.24. The Labute approximate surface area is 141 Å². The molecule has 1 heterocycles. The van der Waals surface area contributed by atoms with Gasteiger partial charge in [0.2, 0.25) is 5.91 Å². The molecule has 0 unspecified atom stereocenters. The average molecular weight is 320 g/mol. The molecule has 0 atom stereocenters. The molecule has 122 valence electrons. The number of carbonyl (C=O) groups excluding carboxylic acids is 1. The van der Waals surface area contributed by atoms with Gasteiger partial charge in [-0.3, -0.25) is 4.79 Å². The van der Waals surface area contributed by atoms with Gasteiger partial charge in [0.05, 0.1) is 11.9 Å². The maximum Gasteiger partial charge on any atom is 0.244 e. The van der Waals surface area contributed by atoms with Crippen LogP contribution < -0.4 is 0 Å². The number of aryl methyl sites for hydroxylation is 1. The highest BCUT2D eigenvalue weighted by Crippen LogP contribution is 2.11. The molecule has 0 spiro atoms. The number of benzene rings is 2. The highest BCUT2D eigenvalue weighted by atomic mass is 16.2. The molecule has 5 heteroatoms. The first kappa shape index (κ1) is 15.9. The smallest absolute Gasteiger partial charge is 0.244 e. The summed E-state index contributed by atoms with van der Waals surface area (Å²) in [6.07, 6.45) is 1.66. The van der Waals surface area contributed by atoms with Crippen molar-refractivity contribution in [3.05, 3.63) is 83.7 Å². The second-order valence-electron chi connectivity index (χ2n) is 5.75. The molecule has 0 aliphatic heterocycles. The maximum absolute atomic E-state index is 12.8. The lowest BCUT2D eigenvalue weighted by Crippen LogP contribution is -2.33. The molecule has 0 N–H and O–H groups in total. The van der Waals surface area contributed by atoms with Crippen LogP contribution in [0.2, 0.25) is 0 Å². The summed E-state index contributed by atoms with van der Waals surface area (Å²) in [6, 6.07) is 20.0. The van der Waals surface area contributed by atoms with Gasteiger partial charge in [-0.1, -0.05) is 65.9 Å². The molecule has 0 saturated carbocycles. The molecule has 3 aromatic rings. The van der Waals surface area contributed by atoms with E-state index in [-0.39, 0.29) is 12.5 Å². The number of aromatic nitrogens is 3. The molecule has 5 nitrogen and oxygen atoms in total. The zero-order valence-electron chi connectivity index (χ0n) is 13.7. The fourth-order valence-corrected chi connectivity index (χ4v) is 2.53. The standard InChI is InChI=1S/C19H20N4O/c1-16-12-20-21-23(16)15-19(24)22(13-17-8-4-2-5-9-17)14-18-10-6-3-7-11-18/h2-12H,13-15H2,1H3. The van der Waals surface area contributed by atoms with Crippen molar-refractivity contribution in [1.82, 2.24) is 19.9 Å². The third-order valence-corrected chi connectivity index (χ3v) is 3.88. The number of hydrogen-bond acceptors (Lipinski definition) is 3. The van der Waals surface area contributed by atoms with Crippen molar-refractivity contribution < 1.29 is 4.79 Å². The molecule has 3 rings (SSSR count). The SMILES string of the molecule is Cc1cnnn1CC(=O)N(Cc1ccccc1)Cc1ccccc1. The van der Waals surface area contributed by atoms with Crippen molar-refractivity contribution in [3.63, 3.8) is 0 Å². The van der Waals surface area contributed by atoms with E-state index >= 15 is 0 Å². The molecule has 2 aromatic carbocycles. The van der Waals surface area contributed by atoms with Crippen molar-refractivity contribution in [3.8, 4) is 0 Å². The Morgan fingerprint density at radius 3 is 1.96 bits per heavy atom. The number of hydrogen-bond donors (Lipinski definition) is 0. The van der Waals surface area contributed by atoms with Crippen LogP contribution in [0.4, 0.5) is 0 Å². The minimum atomic E-state index is 0.0244. The quantitative estimate of drug-likeness (QED) is 0.702. The number of nitrogens with zero attached hydrogens (tertiary/aromatic N) is 4. The van der Waals surface area contributed by atoms with Crippen LogP contribution >= 0.6 is 0 Å². The van der Waals surface area contributed by atoms with Crippen LogP contribution in [0.15, 0.2) is 66.9 Å². The van der Waals surface area contributed by atoms with Crippen molar-refractivity contribution in [2.45, 2.75) is 26.6 Å². The summed E-state index contributed by atoms with van der Waals surface area (Å²) in [7, 11) is 0. The predicted octanol–water partition coefficient (Wildman–Crippen LogP) is 2.82. The Kier molecular flexibility index (Phi) is 5.01. The molecule has 24 heavy (non-hydrogen) atoms. The molecule has 1 amide bonds. The minimum Gasteiger partial charge on any atom is -0.332 e. The average Bonchev–Trinajstić information content (AvgIpc) is 3.01. The Morgan fingerprint density at radius 1 is 0.958 bits per heavy atom. The van der Waals surface area contributed by atoms with Gasteiger partial charge in [-0.2, -0.15) is 0 Å². The normalized spacial score (nSPS) is 10.5. The van der Waals surface area contributed by atoms with Crippen LogP contribution in [0.1, 0.15) is 16.8 Å². The lowest BCUT2D eigenvalue weighted by atomic mass is 10.1. The predicted molar refractivity (Wildman–Crippen MR) is 91.9 cm³/mol. The van der Waals surface area contributed by atoms with Gasteiger partial charge in [-0.15, -0.1) is 5.10 Å². The Hall–Kier alpha value is -2.95. The van der Waals surface area contributed by atoms with Gasteiger partial charge in [0.25, 0.3) is 0 Å². The maximum atomic E-state index is 12.8. The fourth-order valence-electron chi connectivity index (χ4n) is 2.53. The van der Waals surface area contributed by atoms with E-state index in [9.17, 15) is 4.79 Å². The van der Waals surface area contributed by atoms with Gasteiger partial charge in [-0.25, -0.2) is 4.68 Å². The van der Waals surface area contributed by atoms with Crippen molar-refractivity contribution in [1.29, 1.82) is 0 Å². The zero-order chi connectivity index (χ0) is 16.8. The lowest BCUT2D eigenvalue weighted by molar-refractivity contribution is -0.133. The van der Waals surface area contributed by atoms with Crippen LogP contribution in [0.5, 0.6) is 0 Å². The van der Waals surface area contributed by atoms with E-state index in [4.69, 9.17) is 0 Å². The highest BCUT2D eigenvalue weighted by Gasteiger charge is 2.16. The number of rotatable bonds is 6. The van der Waals surface area contributed by atoms with Crippen LogP contribution in [0, 0.1) is 6.92 Å². The summed E-state index contributed by atoms with van der Waals surface area (Å²) in [4.78, 5) is 14.7. The van der Waals surface area contributed by atoms with E-state index < -0.39 is 0 Å².